The maximum atomic E-state index is 14.6. The maximum absolute atomic E-state index is 14.6. The van der Waals surface area contributed by atoms with Gasteiger partial charge in [0.1, 0.15) is 17.3 Å². The van der Waals surface area contributed by atoms with Gasteiger partial charge in [-0.05, 0) is 43.3 Å². The molecule has 0 fully saturated rings. The first kappa shape index (κ1) is 18.5. The minimum Gasteiger partial charge on any atom is -0.497 e. The average Bonchev–Trinajstić information content (AvgIpc) is 3.06. The molecule has 0 aliphatic carbocycles. The summed E-state index contributed by atoms with van der Waals surface area (Å²) >= 11 is 0. The third-order valence-corrected chi connectivity index (χ3v) is 4.45. The Morgan fingerprint density at radius 2 is 1.66 bits per heavy atom. The number of hydrogen-bond donors (Lipinski definition) is 2. The van der Waals surface area contributed by atoms with Crippen molar-refractivity contribution in [1.29, 1.82) is 0 Å². The second kappa shape index (κ2) is 7.27. The molecule has 4 rings (SSSR count). The lowest BCUT2D eigenvalue weighted by Crippen LogP contribution is -2.10. The molecule has 0 saturated carbocycles. The number of nitrogen functional groups attached to an aromatic ring is 1. The number of methoxy groups -OCH3 is 2. The van der Waals surface area contributed by atoms with E-state index in [4.69, 9.17) is 15.2 Å². The lowest BCUT2D eigenvalue weighted by Gasteiger charge is -2.12. The standard InChI is InChI=1S/C20H19FN6O2/c1-11-23-15-9-8-14(29-3)10-16(15)27(11)20-25-18(22)17(21)19(26-20)24-12-4-6-13(28-2)7-5-12/h4-10H,1-3H3,(H3,22,24,25,26). The molecule has 0 aliphatic rings. The van der Waals surface area contributed by atoms with E-state index < -0.39 is 5.82 Å². The van der Waals surface area contributed by atoms with Gasteiger partial charge in [0, 0.05) is 11.8 Å². The van der Waals surface area contributed by atoms with Crippen LogP contribution in [0.25, 0.3) is 17.0 Å². The number of anilines is 3. The molecule has 2 aromatic heterocycles. The van der Waals surface area contributed by atoms with Gasteiger partial charge in [0.25, 0.3) is 0 Å². The normalized spacial score (nSPS) is 10.9. The first-order chi connectivity index (χ1) is 14.0. The van der Waals surface area contributed by atoms with Crippen LogP contribution in [0.3, 0.4) is 0 Å². The van der Waals surface area contributed by atoms with Gasteiger partial charge in [-0.1, -0.05) is 0 Å². The zero-order valence-electron chi connectivity index (χ0n) is 16.1. The fraction of sp³-hybridized carbons (Fsp3) is 0.150. The molecule has 0 saturated heterocycles. The van der Waals surface area contributed by atoms with Crippen LogP contribution < -0.4 is 20.5 Å². The molecule has 0 spiro atoms. The molecule has 8 nitrogen and oxygen atoms in total. The second-order valence-electron chi connectivity index (χ2n) is 6.27. The van der Waals surface area contributed by atoms with Crippen molar-refractivity contribution in [2.24, 2.45) is 0 Å². The van der Waals surface area contributed by atoms with Crippen LogP contribution in [-0.4, -0.2) is 33.7 Å². The van der Waals surface area contributed by atoms with Crippen LogP contribution in [0.5, 0.6) is 11.5 Å². The third-order valence-electron chi connectivity index (χ3n) is 4.45. The molecule has 9 heteroatoms. The van der Waals surface area contributed by atoms with E-state index in [2.05, 4.69) is 20.3 Å². The predicted molar refractivity (Wildman–Crippen MR) is 109 cm³/mol. The highest BCUT2D eigenvalue weighted by molar-refractivity contribution is 5.79. The van der Waals surface area contributed by atoms with Crippen molar-refractivity contribution in [2.75, 3.05) is 25.3 Å². The van der Waals surface area contributed by atoms with Gasteiger partial charge < -0.3 is 20.5 Å². The molecule has 0 amide bonds. The number of hydrogen-bond acceptors (Lipinski definition) is 7. The summed E-state index contributed by atoms with van der Waals surface area (Å²) in [5.41, 5.74) is 7.92. The van der Waals surface area contributed by atoms with E-state index in [0.717, 1.165) is 11.0 Å². The fourth-order valence-corrected chi connectivity index (χ4v) is 3.00. The first-order valence-electron chi connectivity index (χ1n) is 8.77. The van der Waals surface area contributed by atoms with E-state index >= 15 is 0 Å². The Balaban J connectivity index is 1.81. The average molecular weight is 394 g/mol. The Kier molecular flexibility index (Phi) is 4.63. The predicted octanol–water partition coefficient (Wildman–Crippen LogP) is 3.61. The number of nitrogens with zero attached hydrogens (tertiary/aromatic N) is 4. The molecule has 0 aliphatic heterocycles. The van der Waals surface area contributed by atoms with Crippen LogP contribution in [0.15, 0.2) is 42.5 Å². The largest absolute Gasteiger partial charge is 0.497 e. The molecule has 29 heavy (non-hydrogen) atoms. The summed E-state index contributed by atoms with van der Waals surface area (Å²) in [6.07, 6.45) is 0. The number of halogens is 1. The molecule has 4 aromatic rings. The lowest BCUT2D eigenvalue weighted by molar-refractivity contribution is 0.415. The summed E-state index contributed by atoms with van der Waals surface area (Å²) in [6, 6.07) is 12.5. The number of ether oxygens (including phenoxy) is 2. The minimum absolute atomic E-state index is 0.0400. The highest BCUT2D eigenvalue weighted by atomic mass is 19.1. The van der Waals surface area contributed by atoms with Crippen LogP contribution in [-0.2, 0) is 0 Å². The van der Waals surface area contributed by atoms with Crippen molar-refractivity contribution < 1.29 is 13.9 Å². The first-order valence-corrected chi connectivity index (χ1v) is 8.77. The number of imidazole rings is 1. The summed E-state index contributed by atoms with van der Waals surface area (Å²) in [7, 11) is 3.16. The van der Waals surface area contributed by atoms with E-state index in [1.54, 1.807) is 43.1 Å². The monoisotopic (exact) mass is 394 g/mol. The van der Waals surface area contributed by atoms with E-state index in [1.165, 1.54) is 0 Å². The summed E-state index contributed by atoms with van der Waals surface area (Å²) in [5, 5.41) is 2.94. The molecular formula is C20H19FN6O2. The highest BCUT2D eigenvalue weighted by Crippen LogP contribution is 2.27. The van der Waals surface area contributed by atoms with Crippen LogP contribution in [0.2, 0.25) is 0 Å². The fourth-order valence-electron chi connectivity index (χ4n) is 3.00. The van der Waals surface area contributed by atoms with Gasteiger partial charge in [0.2, 0.25) is 11.8 Å². The van der Waals surface area contributed by atoms with Gasteiger partial charge in [-0.2, -0.15) is 14.4 Å². The minimum atomic E-state index is -0.732. The molecule has 2 aromatic carbocycles. The zero-order chi connectivity index (χ0) is 20.5. The smallest absolute Gasteiger partial charge is 0.239 e. The molecular weight excluding hydrogens is 375 g/mol. The maximum Gasteiger partial charge on any atom is 0.239 e. The number of aromatic nitrogens is 4. The number of nitrogens with one attached hydrogen (secondary N) is 1. The van der Waals surface area contributed by atoms with E-state index in [0.29, 0.717) is 23.0 Å². The Morgan fingerprint density at radius 1 is 0.966 bits per heavy atom. The van der Waals surface area contributed by atoms with Crippen molar-refractivity contribution in [3.8, 4) is 17.4 Å². The van der Waals surface area contributed by atoms with Crippen LogP contribution in [0, 0.1) is 12.7 Å². The topological polar surface area (TPSA) is 100 Å². The van der Waals surface area contributed by atoms with Gasteiger partial charge in [0.05, 0.1) is 25.3 Å². The van der Waals surface area contributed by atoms with Gasteiger partial charge in [-0.3, -0.25) is 4.57 Å². The second-order valence-corrected chi connectivity index (χ2v) is 6.27. The molecule has 0 bridgehead atoms. The number of nitrogens with two attached hydrogens (primary N) is 1. The molecule has 3 N–H and O–H groups in total. The van der Waals surface area contributed by atoms with E-state index in [1.807, 2.05) is 25.1 Å². The highest BCUT2D eigenvalue weighted by Gasteiger charge is 2.18. The third kappa shape index (κ3) is 3.38. The van der Waals surface area contributed by atoms with Crippen molar-refractivity contribution in [3.05, 3.63) is 54.1 Å². The summed E-state index contributed by atoms with van der Waals surface area (Å²) < 4.78 is 26.7. The summed E-state index contributed by atoms with van der Waals surface area (Å²) in [4.78, 5) is 13.0. The van der Waals surface area contributed by atoms with E-state index in [-0.39, 0.29) is 17.6 Å². The molecule has 2 heterocycles. The van der Waals surface area contributed by atoms with Gasteiger partial charge in [0.15, 0.2) is 11.6 Å². The Labute approximate surface area is 166 Å². The number of fused-ring (bicyclic) bond motifs is 1. The Bertz CT molecular complexity index is 1190. The number of benzene rings is 2. The van der Waals surface area contributed by atoms with Crippen molar-refractivity contribution in [1.82, 2.24) is 19.5 Å². The number of rotatable bonds is 5. The summed E-state index contributed by atoms with van der Waals surface area (Å²) in [6.45, 7) is 1.81. The number of aryl methyl sites for hydroxylation is 1. The van der Waals surface area contributed by atoms with Crippen molar-refractivity contribution >= 4 is 28.4 Å². The van der Waals surface area contributed by atoms with Crippen LogP contribution in [0.1, 0.15) is 5.82 Å². The molecule has 148 valence electrons. The summed E-state index contributed by atoms with van der Waals surface area (Å²) in [5.74, 6) is 1.14. The van der Waals surface area contributed by atoms with Crippen LogP contribution >= 0.6 is 0 Å². The molecule has 0 radical (unpaired) electrons. The molecule has 0 unspecified atom stereocenters. The van der Waals surface area contributed by atoms with Crippen molar-refractivity contribution in [2.45, 2.75) is 6.92 Å². The SMILES string of the molecule is COc1ccc(Nc2nc(-n3c(C)nc4ccc(OC)cc43)nc(N)c2F)cc1. The lowest BCUT2D eigenvalue weighted by atomic mass is 10.3. The van der Waals surface area contributed by atoms with Gasteiger partial charge >= 0.3 is 0 Å². The van der Waals surface area contributed by atoms with Gasteiger partial charge in [-0.25, -0.2) is 4.98 Å². The van der Waals surface area contributed by atoms with Crippen molar-refractivity contribution in [3.63, 3.8) is 0 Å². The zero-order valence-corrected chi connectivity index (χ0v) is 16.1. The molecule has 0 atom stereocenters. The Hall–Kier alpha value is -3.88. The van der Waals surface area contributed by atoms with E-state index in [9.17, 15) is 4.39 Å². The van der Waals surface area contributed by atoms with Crippen LogP contribution in [0.4, 0.5) is 21.7 Å². The Morgan fingerprint density at radius 3 is 2.34 bits per heavy atom. The quantitative estimate of drug-likeness (QED) is 0.533. The van der Waals surface area contributed by atoms with Gasteiger partial charge in [-0.15, -0.1) is 0 Å².